The van der Waals surface area contributed by atoms with Gasteiger partial charge in [0.05, 0.1) is 15.8 Å². The van der Waals surface area contributed by atoms with Gasteiger partial charge in [0.15, 0.2) is 5.58 Å². The molecule has 7 heteroatoms. The van der Waals surface area contributed by atoms with Gasteiger partial charge in [-0.1, -0.05) is 78.4 Å². The fraction of sp³-hybridized carbons (Fsp3) is 0.0606. The molecule has 0 unspecified atom stereocenters. The van der Waals surface area contributed by atoms with E-state index in [2.05, 4.69) is 0 Å². The van der Waals surface area contributed by atoms with Crippen LogP contribution in [0.25, 0.3) is 44.0 Å². The van der Waals surface area contributed by atoms with Gasteiger partial charge in [-0.15, -0.1) is 0 Å². The van der Waals surface area contributed by atoms with Crippen molar-refractivity contribution in [1.29, 1.82) is 0 Å². The van der Waals surface area contributed by atoms with Crippen LogP contribution < -0.4 is 5.63 Å². The van der Waals surface area contributed by atoms with Gasteiger partial charge in [-0.05, 0) is 42.8 Å². The zero-order valence-corrected chi connectivity index (χ0v) is 22.3. The van der Waals surface area contributed by atoms with Crippen LogP contribution in [-0.4, -0.2) is 12.4 Å². The minimum atomic E-state index is -3.94. The van der Waals surface area contributed by atoms with E-state index in [1.54, 1.807) is 54.7 Å². The molecule has 0 aliphatic heterocycles. The van der Waals surface area contributed by atoms with Crippen molar-refractivity contribution in [3.63, 3.8) is 0 Å². The molecule has 0 aliphatic carbocycles. The van der Waals surface area contributed by atoms with E-state index in [4.69, 9.17) is 8.83 Å². The van der Waals surface area contributed by atoms with E-state index in [1.807, 2.05) is 61.5 Å². The summed E-state index contributed by atoms with van der Waals surface area (Å²) < 4.78 is 41.3. The molecular weight excluding hydrogens is 522 g/mol. The van der Waals surface area contributed by atoms with E-state index >= 15 is 0 Å². The average molecular weight is 546 g/mol. The fourth-order valence-electron chi connectivity index (χ4n) is 5.32. The van der Waals surface area contributed by atoms with Gasteiger partial charge in [0.25, 0.3) is 10.0 Å². The van der Waals surface area contributed by atoms with Crippen molar-refractivity contribution in [3.05, 3.63) is 137 Å². The maximum absolute atomic E-state index is 13.9. The molecule has 0 saturated carbocycles. The van der Waals surface area contributed by atoms with Gasteiger partial charge in [-0.2, -0.15) is 0 Å². The Kier molecular flexibility index (Phi) is 5.50. The van der Waals surface area contributed by atoms with Gasteiger partial charge < -0.3 is 8.83 Å². The molecule has 0 spiro atoms. The summed E-state index contributed by atoms with van der Waals surface area (Å²) in [5, 5.41) is 1.65. The maximum atomic E-state index is 13.9. The number of hydrogen-bond acceptors (Lipinski definition) is 5. The van der Waals surface area contributed by atoms with E-state index < -0.39 is 15.6 Å². The van der Waals surface area contributed by atoms with Crippen molar-refractivity contribution in [2.24, 2.45) is 0 Å². The molecule has 3 heterocycles. The lowest BCUT2D eigenvalue weighted by Crippen LogP contribution is -2.11. The Morgan fingerprint density at radius 3 is 2.20 bits per heavy atom. The molecule has 6 nitrogen and oxygen atoms in total. The summed E-state index contributed by atoms with van der Waals surface area (Å²) in [5.74, 6) is 0.556. The second kappa shape index (κ2) is 9.10. The van der Waals surface area contributed by atoms with Crippen molar-refractivity contribution in [2.45, 2.75) is 18.2 Å². The number of aromatic nitrogens is 1. The lowest BCUT2D eigenvalue weighted by atomic mass is 9.98. The van der Waals surface area contributed by atoms with E-state index in [0.29, 0.717) is 56.1 Å². The molecule has 0 radical (unpaired) electrons. The first kappa shape index (κ1) is 24.2. The smallest absolute Gasteiger partial charge is 0.348 e. The van der Waals surface area contributed by atoms with Crippen molar-refractivity contribution >= 4 is 42.9 Å². The lowest BCUT2D eigenvalue weighted by Gasteiger charge is -2.07. The first-order valence-electron chi connectivity index (χ1n) is 12.9. The Morgan fingerprint density at radius 2 is 1.43 bits per heavy atom. The van der Waals surface area contributed by atoms with Crippen LogP contribution in [0.15, 0.2) is 128 Å². The van der Waals surface area contributed by atoms with Crippen molar-refractivity contribution in [2.75, 3.05) is 0 Å². The number of rotatable bonds is 5. The zero-order valence-electron chi connectivity index (χ0n) is 21.5. The van der Waals surface area contributed by atoms with Crippen molar-refractivity contribution in [3.8, 4) is 11.1 Å². The number of hydrogen-bond donors (Lipinski definition) is 0. The lowest BCUT2D eigenvalue weighted by molar-refractivity contribution is 0.553. The summed E-state index contributed by atoms with van der Waals surface area (Å²) in [7, 11) is -3.94. The minimum absolute atomic E-state index is 0.178. The van der Waals surface area contributed by atoms with Gasteiger partial charge in [0.1, 0.15) is 16.7 Å². The summed E-state index contributed by atoms with van der Waals surface area (Å²) in [6.07, 6.45) is 2.00. The summed E-state index contributed by atoms with van der Waals surface area (Å²) in [6, 6.07) is 31.1. The molecule has 0 saturated heterocycles. The molecule has 0 N–H and O–H groups in total. The van der Waals surface area contributed by atoms with Crippen LogP contribution in [0.4, 0.5) is 0 Å². The Bertz CT molecular complexity index is 2220. The summed E-state index contributed by atoms with van der Waals surface area (Å²) in [5.41, 5.74) is 3.89. The number of benzene rings is 4. The molecule has 196 valence electrons. The molecule has 3 aromatic heterocycles. The third-order valence-electron chi connectivity index (χ3n) is 7.25. The molecule has 7 rings (SSSR count). The Balaban J connectivity index is 1.56. The first-order valence-corrected chi connectivity index (χ1v) is 14.3. The highest BCUT2D eigenvalue weighted by Gasteiger charge is 2.28. The molecule has 0 bridgehead atoms. The number of para-hydroxylation sites is 2. The molecule has 4 aromatic carbocycles. The van der Waals surface area contributed by atoms with Crippen LogP contribution in [0.2, 0.25) is 0 Å². The molecule has 0 atom stereocenters. The Morgan fingerprint density at radius 1 is 0.750 bits per heavy atom. The summed E-state index contributed by atoms with van der Waals surface area (Å²) in [4.78, 5) is 13.7. The third-order valence-corrected chi connectivity index (χ3v) is 8.94. The molecule has 0 fully saturated rings. The van der Waals surface area contributed by atoms with Gasteiger partial charge in [0.2, 0.25) is 0 Å². The predicted octanol–water partition coefficient (Wildman–Crippen LogP) is 7.30. The number of furan rings is 1. The van der Waals surface area contributed by atoms with Crippen LogP contribution in [-0.2, 0) is 16.4 Å². The van der Waals surface area contributed by atoms with Crippen LogP contribution in [0.3, 0.4) is 0 Å². The van der Waals surface area contributed by atoms with Crippen molar-refractivity contribution < 1.29 is 17.3 Å². The van der Waals surface area contributed by atoms with Crippen LogP contribution in [0.5, 0.6) is 0 Å². The minimum Gasteiger partial charge on any atom is -0.459 e. The van der Waals surface area contributed by atoms with Crippen LogP contribution >= 0.6 is 0 Å². The summed E-state index contributed by atoms with van der Waals surface area (Å²) >= 11 is 0. The SMILES string of the molecule is Cc1ccc(S(=O)(=O)n2cc(-c3c(Cc4ccccc4)oc4c3c(=O)oc3ccccc34)c3ccccc32)cc1. The molecule has 0 amide bonds. The molecule has 40 heavy (non-hydrogen) atoms. The van der Waals surface area contributed by atoms with E-state index in [0.717, 1.165) is 11.1 Å². The Hall–Kier alpha value is -4.88. The highest BCUT2D eigenvalue weighted by molar-refractivity contribution is 7.90. The zero-order chi connectivity index (χ0) is 27.4. The van der Waals surface area contributed by atoms with Gasteiger partial charge in [0, 0.05) is 29.1 Å². The number of fused-ring (bicyclic) bond motifs is 4. The number of aryl methyl sites for hydroxylation is 1. The monoisotopic (exact) mass is 545 g/mol. The van der Waals surface area contributed by atoms with E-state index in [1.165, 1.54) is 3.97 Å². The predicted molar refractivity (Wildman–Crippen MR) is 156 cm³/mol. The molecular formula is C33H23NO5S. The van der Waals surface area contributed by atoms with Crippen LogP contribution in [0, 0.1) is 6.92 Å². The highest BCUT2D eigenvalue weighted by Crippen LogP contribution is 2.42. The van der Waals surface area contributed by atoms with Crippen molar-refractivity contribution in [1.82, 2.24) is 3.97 Å². The normalized spacial score (nSPS) is 12.0. The highest BCUT2D eigenvalue weighted by atomic mass is 32.2. The number of nitrogens with zero attached hydrogens (tertiary/aromatic N) is 1. The molecule has 7 aromatic rings. The second-order valence-corrected chi connectivity index (χ2v) is 11.6. The average Bonchev–Trinajstić information content (AvgIpc) is 3.53. The quantitative estimate of drug-likeness (QED) is 0.212. The Labute approximate surface area is 229 Å². The van der Waals surface area contributed by atoms with E-state index in [9.17, 15) is 13.2 Å². The topological polar surface area (TPSA) is 82.4 Å². The largest absolute Gasteiger partial charge is 0.459 e. The van der Waals surface area contributed by atoms with Gasteiger partial charge in [-0.3, -0.25) is 0 Å². The third kappa shape index (κ3) is 3.78. The summed E-state index contributed by atoms with van der Waals surface area (Å²) in [6.45, 7) is 1.91. The van der Waals surface area contributed by atoms with E-state index in [-0.39, 0.29) is 4.90 Å². The van der Waals surface area contributed by atoms with Gasteiger partial charge >= 0.3 is 5.63 Å². The van der Waals surface area contributed by atoms with Gasteiger partial charge in [-0.25, -0.2) is 17.2 Å². The second-order valence-electron chi connectivity index (χ2n) is 9.83. The molecule has 0 aliphatic rings. The fourth-order valence-corrected chi connectivity index (χ4v) is 6.69. The first-order chi connectivity index (χ1) is 19.4. The standard InChI is InChI=1S/C33H23NO5S/c1-21-15-17-23(18-16-21)40(36,37)34-20-26(24-11-5-7-13-27(24)34)30-29(19-22-9-3-2-4-10-22)38-32-25-12-6-8-14-28(25)39-33(35)31(30)32/h2-18,20H,19H2,1H3. The maximum Gasteiger partial charge on any atom is 0.348 e. The van der Waals surface area contributed by atoms with Crippen LogP contribution in [0.1, 0.15) is 16.9 Å².